The second-order valence-electron chi connectivity index (χ2n) is 2.69. The molecule has 1 unspecified atom stereocenters. The Labute approximate surface area is 82.3 Å². The minimum absolute atomic E-state index is 0.445. The molecule has 0 saturated heterocycles. The minimum Gasteiger partial charge on any atom is -0.495 e. The fraction of sp³-hybridized carbons (Fsp3) is 0.375. The summed E-state index contributed by atoms with van der Waals surface area (Å²) in [6.45, 7) is 0. The van der Waals surface area contributed by atoms with Crippen molar-refractivity contribution in [1.29, 1.82) is 0 Å². The molecule has 84 valence electrons. The molecule has 0 aliphatic carbocycles. The van der Waals surface area contributed by atoms with E-state index in [0.29, 0.717) is 6.20 Å². The first kappa shape index (κ1) is 11.7. The Balaban J connectivity index is 3.14. The molecular weight excluding hydrogens is 218 g/mol. The molecule has 0 amide bonds. The van der Waals surface area contributed by atoms with Crippen LogP contribution in [0.25, 0.3) is 0 Å². The van der Waals surface area contributed by atoms with Crippen molar-refractivity contribution in [2.24, 2.45) is 0 Å². The Morgan fingerprint density at radius 1 is 1.47 bits per heavy atom. The van der Waals surface area contributed by atoms with Gasteiger partial charge in [-0.15, -0.1) is 0 Å². The van der Waals surface area contributed by atoms with Gasteiger partial charge in [0.25, 0.3) is 0 Å². The van der Waals surface area contributed by atoms with Crippen molar-refractivity contribution in [3.63, 3.8) is 0 Å². The average Bonchev–Trinajstić information content (AvgIpc) is 2.15. The van der Waals surface area contributed by atoms with E-state index < -0.39 is 29.5 Å². The van der Waals surface area contributed by atoms with Gasteiger partial charge in [0, 0.05) is 6.07 Å². The molecule has 0 spiro atoms. The van der Waals surface area contributed by atoms with Gasteiger partial charge in [0.1, 0.15) is 17.3 Å². The number of rotatable bonds is 2. The van der Waals surface area contributed by atoms with Gasteiger partial charge in [-0.2, -0.15) is 13.2 Å². The maximum atomic E-state index is 12.6. The number of aromatic nitrogens is 1. The molecule has 15 heavy (non-hydrogen) atoms. The zero-order valence-corrected chi connectivity index (χ0v) is 7.55. The second kappa shape index (κ2) is 4.01. The van der Waals surface area contributed by atoms with Gasteiger partial charge in [0.05, 0.1) is 13.3 Å². The average molecular weight is 225 g/mol. The smallest absolute Gasteiger partial charge is 0.420 e. The lowest BCUT2D eigenvalue weighted by molar-refractivity contribution is -0.208. The van der Waals surface area contributed by atoms with Crippen molar-refractivity contribution in [3.8, 4) is 5.75 Å². The fourth-order valence-electron chi connectivity index (χ4n) is 0.955. The number of ether oxygens (including phenoxy) is 1. The van der Waals surface area contributed by atoms with E-state index in [4.69, 9.17) is 5.11 Å². The van der Waals surface area contributed by atoms with Gasteiger partial charge >= 0.3 is 6.18 Å². The molecule has 0 saturated carbocycles. The van der Waals surface area contributed by atoms with E-state index in [9.17, 15) is 17.6 Å². The summed E-state index contributed by atoms with van der Waals surface area (Å²) in [7, 11) is 1.06. The minimum atomic E-state index is -4.86. The number of aliphatic hydroxyl groups excluding tert-OH is 1. The van der Waals surface area contributed by atoms with Crippen LogP contribution in [-0.2, 0) is 0 Å². The van der Waals surface area contributed by atoms with Gasteiger partial charge in [-0.25, -0.2) is 4.39 Å². The lowest BCUT2D eigenvalue weighted by Gasteiger charge is -2.16. The Morgan fingerprint density at radius 2 is 2.07 bits per heavy atom. The van der Waals surface area contributed by atoms with Crippen LogP contribution in [-0.4, -0.2) is 23.4 Å². The number of halogens is 4. The summed E-state index contributed by atoms with van der Waals surface area (Å²) in [4.78, 5) is 3.15. The second-order valence-corrected chi connectivity index (χ2v) is 2.69. The van der Waals surface area contributed by atoms with E-state index in [2.05, 4.69) is 9.72 Å². The quantitative estimate of drug-likeness (QED) is 0.780. The van der Waals surface area contributed by atoms with Crippen LogP contribution in [0.3, 0.4) is 0 Å². The Kier molecular flexibility index (Phi) is 3.13. The van der Waals surface area contributed by atoms with Crippen LogP contribution in [0.15, 0.2) is 12.3 Å². The SMILES string of the molecule is COc1cc(F)cnc1C(O)C(F)(F)F. The summed E-state index contributed by atoms with van der Waals surface area (Å²) in [5.41, 5.74) is -0.758. The van der Waals surface area contributed by atoms with Crippen molar-refractivity contribution < 1.29 is 27.4 Å². The Hall–Kier alpha value is -1.37. The highest BCUT2D eigenvalue weighted by Gasteiger charge is 2.42. The molecule has 1 atom stereocenters. The molecule has 0 aromatic carbocycles. The first-order chi connectivity index (χ1) is 6.86. The largest absolute Gasteiger partial charge is 0.495 e. The number of hydrogen-bond acceptors (Lipinski definition) is 3. The molecule has 7 heteroatoms. The van der Waals surface area contributed by atoms with Crippen LogP contribution in [0.4, 0.5) is 17.6 Å². The number of nitrogens with zero attached hydrogens (tertiary/aromatic N) is 1. The Morgan fingerprint density at radius 3 is 2.53 bits per heavy atom. The van der Waals surface area contributed by atoms with E-state index in [1.54, 1.807) is 0 Å². The number of aliphatic hydroxyl groups is 1. The van der Waals surface area contributed by atoms with Crippen LogP contribution < -0.4 is 4.74 Å². The fourth-order valence-corrected chi connectivity index (χ4v) is 0.955. The van der Waals surface area contributed by atoms with Crippen LogP contribution in [0, 0.1) is 5.82 Å². The zero-order valence-electron chi connectivity index (χ0n) is 7.55. The van der Waals surface area contributed by atoms with E-state index >= 15 is 0 Å². The molecule has 0 aliphatic rings. The molecule has 3 nitrogen and oxygen atoms in total. The van der Waals surface area contributed by atoms with Gasteiger partial charge in [-0.05, 0) is 0 Å². The third-order valence-electron chi connectivity index (χ3n) is 1.64. The van der Waals surface area contributed by atoms with Crippen LogP contribution >= 0.6 is 0 Å². The molecule has 1 heterocycles. The van der Waals surface area contributed by atoms with E-state index in [1.165, 1.54) is 0 Å². The van der Waals surface area contributed by atoms with Crippen LogP contribution in [0.1, 0.15) is 11.8 Å². The molecule has 1 rings (SSSR count). The maximum Gasteiger partial charge on any atom is 0.420 e. The molecule has 0 fully saturated rings. The van der Waals surface area contributed by atoms with Crippen molar-refractivity contribution in [1.82, 2.24) is 4.98 Å². The van der Waals surface area contributed by atoms with Crippen molar-refractivity contribution in [2.45, 2.75) is 12.3 Å². The van der Waals surface area contributed by atoms with E-state index in [1.807, 2.05) is 0 Å². The first-order valence-electron chi connectivity index (χ1n) is 3.80. The number of hydrogen-bond donors (Lipinski definition) is 1. The predicted octanol–water partition coefficient (Wildman–Crippen LogP) is 1.82. The summed E-state index contributed by atoms with van der Waals surface area (Å²) >= 11 is 0. The summed E-state index contributed by atoms with van der Waals surface area (Å²) in [5, 5.41) is 8.87. The summed E-state index contributed by atoms with van der Waals surface area (Å²) < 4.78 is 53.4. The molecular formula is C8H7F4NO2. The monoisotopic (exact) mass is 225 g/mol. The van der Waals surface area contributed by atoms with Gasteiger partial charge in [0.15, 0.2) is 6.10 Å². The molecule has 0 bridgehead atoms. The van der Waals surface area contributed by atoms with Crippen molar-refractivity contribution in [3.05, 3.63) is 23.8 Å². The molecule has 1 aromatic heterocycles. The molecule has 1 aromatic rings. The normalized spacial score (nSPS) is 13.7. The topological polar surface area (TPSA) is 42.4 Å². The van der Waals surface area contributed by atoms with Crippen molar-refractivity contribution in [2.75, 3.05) is 7.11 Å². The standard InChI is InChI=1S/C8H7F4NO2/c1-15-5-2-4(9)3-13-6(5)7(14)8(10,11)12/h2-3,7,14H,1H3. The highest BCUT2D eigenvalue weighted by molar-refractivity contribution is 5.30. The highest BCUT2D eigenvalue weighted by atomic mass is 19.4. The van der Waals surface area contributed by atoms with Crippen LogP contribution in [0.2, 0.25) is 0 Å². The third kappa shape index (κ3) is 2.56. The lowest BCUT2D eigenvalue weighted by Crippen LogP contribution is -2.22. The first-order valence-corrected chi connectivity index (χ1v) is 3.80. The number of alkyl halides is 3. The van der Waals surface area contributed by atoms with Gasteiger partial charge < -0.3 is 9.84 Å². The van der Waals surface area contributed by atoms with Gasteiger partial charge in [0.2, 0.25) is 0 Å². The third-order valence-corrected chi connectivity index (χ3v) is 1.64. The summed E-state index contributed by atoms with van der Waals surface area (Å²) in [5.74, 6) is -1.29. The molecule has 0 radical (unpaired) electrons. The van der Waals surface area contributed by atoms with E-state index in [0.717, 1.165) is 13.2 Å². The zero-order chi connectivity index (χ0) is 11.6. The molecule has 0 aliphatic heterocycles. The molecule has 1 N–H and O–H groups in total. The highest BCUT2D eigenvalue weighted by Crippen LogP contribution is 2.35. The maximum absolute atomic E-state index is 12.6. The van der Waals surface area contributed by atoms with Crippen molar-refractivity contribution >= 4 is 0 Å². The summed E-state index contributed by atoms with van der Waals surface area (Å²) in [6, 6.07) is 0.720. The Bertz CT molecular complexity index is 353. The van der Waals surface area contributed by atoms with Gasteiger partial charge in [-0.3, -0.25) is 4.98 Å². The van der Waals surface area contributed by atoms with E-state index in [-0.39, 0.29) is 0 Å². The number of pyridine rings is 1. The van der Waals surface area contributed by atoms with Crippen LogP contribution in [0.5, 0.6) is 5.75 Å². The van der Waals surface area contributed by atoms with Gasteiger partial charge in [-0.1, -0.05) is 0 Å². The predicted molar refractivity (Wildman–Crippen MR) is 41.8 cm³/mol. The summed E-state index contributed by atoms with van der Waals surface area (Å²) in [6.07, 6.45) is -7.07. The lowest BCUT2D eigenvalue weighted by atomic mass is 10.2. The number of methoxy groups -OCH3 is 1.